The summed E-state index contributed by atoms with van der Waals surface area (Å²) in [5, 5.41) is 1.64. The van der Waals surface area contributed by atoms with E-state index in [-0.39, 0.29) is 11.4 Å². The third-order valence-corrected chi connectivity index (χ3v) is 7.51. The molecule has 1 saturated carbocycles. The number of rotatable bonds is 5. The van der Waals surface area contributed by atoms with Gasteiger partial charge in [-0.3, -0.25) is 0 Å². The molecule has 0 bridgehead atoms. The molecule has 1 fully saturated rings. The number of benzene rings is 2. The average Bonchev–Trinajstić information content (AvgIpc) is 3.30. The molecule has 3 rings (SSSR count). The van der Waals surface area contributed by atoms with Gasteiger partial charge in [-0.2, -0.15) is 0 Å². The highest BCUT2D eigenvalue weighted by molar-refractivity contribution is 7.92. The number of alkyl carbamates (subject to hydrolysis) is 1. The number of ether oxygens (including phenoxy) is 1. The normalized spacial score (nSPS) is 23.7. The summed E-state index contributed by atoms with van der Waals surface area (Å²) >= 11 is 0. The van der Waals surface area contributed by atoms with Crippen molar-refractivity contribution in [3.8, 4) is 0 Å². The van der Waals surface area contributed by atoms with Crippen LogP contribution in [0.1, 0.15) is 37.8 Å². The van der Waals surface area contributed by atoms with Crippen LogP contribution in [0.3, 0.4) is 0 Å². The molecule has 3 atom stereocenters. The van der Waals surface area contributed by atoms with Crippen molar-refractivity contribution in [3.05, 3.63) is 65.5 Å². The molecule has 6 nitrogen and oxygen atoms in total. The van der Waals surface area contributed by atoms with Crippen LogP contribution in [0.25, 0.3) is 0 Å². The van der Waals surface area contributed by atoms with Crippen LogP contribution < -0.4 is 11.1 Å². The fourth-order valence-corrected chi connectivity index (χ4v) is 6.19. The van der Waals surface area contributed by atoms with Gasteiger partial charge in [0, 0.05) is 12.5 Å². The number of sulfone groups is 1. The maximum absolute atomic E-state index is 13.9. The molecule has 1 amide bonds. The highest BCUT2D eigenvalue weighted by Gasteiger charge is 2.71. The fourth-order valence-electron chi connectivity index (χ4n) is 3.84. The van der Waals surface area contributed by atoms with Crippen LogP contribution in [0.15, 0.2) is 53.4 Å². The lowest BCUT2D eigenvalue weighted by Crippen LogP contribution is -2.49. The summed E-state index contributed by atoms with van der Waals surface area (Å²) in [4.78, 5) is 12.6. The summed E-state index contributed by atoms with van der Waals surface area (Å²) in [6.45, 7) is 6.83. The molecule has 1 aliphatic rings. The number of nitrogens with one attached hydrogen (secondary N) is 1. The first-order valence-corrected chi connectivity index (χ1v) is 11.2. The third-order valence-electron chi connectivity index (χ3n) is 5.22. The lowest BCUT2D eigenvalue weighted by Gasteiger charge is -2.24. The van der Waals surface area contributed by atoms with E-state index in [9.17, 15) is 17.6 Å². The van der Waals surface area contributed by atoms with Crippen LogP contribution in [0.2, 0.25) is 0 Å². The van der Waals surface area contributed by atoms with Gasteiger partial charge in [-0.1, -0.05) is 29.8 Å². The van der Waals surface area contributed by atoms with Crippen LogP contribution in [0, 0.1) is 12.7 Å². The van der Waals surface area contributed by atoms with E-state index in [0.29, 0.717) is 5.56 Å². The molecule has 2 aromatic carbocycles. The van der Waals surface area contributed by atoms with E-state index in [0.717, 1.165) is 5.56 Å². The molecular weight excluding hydrogens is 407 g/mol. The molecular formula is C22H27FN2O4S. The minimum Gasteiger partial charge on any atom is -0.444 e. The first kappa shape index (κ1) is 22.2. The monoisotopic (exact) mass is 434 g/mol. The molecule has 2 aromatic rings. The van der Waals surface area contributed by atoms with Crippen molar-refractivity contribution in [2.45, 2.75) is 54.9 Å². The predicted molar refractivity (Wildman–Crippen MR) is 112 cm³/mol. The Morgan fingerprint density at radius 2 is 1.83 bits per heavy atom. The standard InChI is InChI=1S/C22H27FN2O4S/c1-14-8-10-17(11-9-14)30(27,28)19-18(15-6-5-7-16(23)12-15)22(19,13-24)25-20(26)29-21(2,3)4/h5-12,18-19H,13,24H2,1-4H3,(H,25,26). The lowest BCUT2D eigenvalue weighted by molar-refractivity contribution is 0.0497. The number of halogens is 1. The van der Waals surface area contributed by atoms with Crippen molar-refractivity contribution >= 4 is 15.9 Å². The molecule has 1 aliphatic carbocycles. The minimum absolute atomic E-state index is 0.126. The number of amides is 1. The SMILES string of the molecule is Cc1ccc(S(=O)(=O)C2C(c3cccc(F)c3)C2(CN)NC(=O)OC(C)(C)C)cc1. The maximum atomic E-state index is 13.9. The number of hydrogen-bond donors (Lipinski definition) is 2. The first-order chi connectivity index (χ1) is 13.9. The Kier molecular flexibility index (Phi) is 5.68. The van der Waals surface area contributed by atoms with Gasteiger partial charge in [0.25, 0.3) is 0 Å². The van der Waals surface area contributed by atoms with E-state index < -0.39 is 44.1 Å². The van der Waals surface area contributed by atoms with Gasteiger partial charge < -0.3 is 15.8 Å². The molecule has 30 heavy (non-hydrogen) atoms. The number of aryl methyl sites for hydroxylation is 1. The Hall–Kier alpha value is -2.45. The van der Waals surface area contributed by atoms with E-state index in [1.54, 1.807) is 39.0 Å². The van der Waals surface area contributed by atoms with Gasteiger partial charge in [-0.15, -0.1) is 0 Å². The summed E-state index contributed by atoms with van der Waals surface area (Å²) in [6.07, 6.45) is -0.768. The Bertz CT molecular complexity index is 1050. The Balaban J connectivity index is 2.05. The van der Waals surface area contributed by atoms with Gasteiger partial charge >= 0.3 is 6.09 Å². The first-order valence-electron chi connectivity index (χ1n) is 9.68. The predicted octanol–water partition coefficient (Wildman–Crippen LogP) is 3.30. The second-order valence-corrected chi connectivity index (χ2v) is 10.8. The molecule has 8 heteroatoms. The number of nitrogens with two attached hydrogens (primary N) is 1. The summed E-state index contributed by atoms with van der Waals surface area (Å²) in [5.74, 6) is -1.20. The van der Waals surface area contributed by atoms with E-state index in [1.807, 2.05) is 6.92 Å². The van der Waals surface area contributed by atoms with Crippen LogP contribution in [0.5, 0.6) is 0 Å². The van der Waals surface area contributed by atoms with E-state index in [2.05, 4.69) is 5.32 Å². The molecule has 0 spiro atoms. The van der Waals surface area contributed by atoms with Crippen LogP contribution in [-0.4, -0.2) is 37.4 Å². The second kappa shape index (κ2) is 7.67. The zero-order valence-corrected chi connectivity index (χ0v) is 18.3. The van der Waals surface area contributed by atoms with Crippen molar-refractivity contribution < 1.29 is 22.3 Å². The van der Waals surface area contributed by atoms with Gasteiger partial charge in [-0.25, -0.2) is 17.6 Å². The molecule has 162 valence electrons. The fraction of sp³-hybridized carbons (Fsp3) is 0.409. The van der Waals surface area contributed by atoms with Gasteiger partial charge in [0.05, 0.1) is 10.4 Å². The van der Waals surface area contributed by atoms with Crippen LogP contribution in [0.4, 0.5) is 9.18 Å². The molecule has 3 N–H and O–H groups in total. The molecule has 3 unspecified atom stereocenters. The third kappa shape index (κ3) is 4.20. The molecule has 0 saturated heterocycles. The van der Waals surface area contributed by atoms with Crippen molar-refractivity contribution in [3.63, 3.8) is 0 Å². The largest absolute Gasteiger partial charge is 0.444 e. The highest BCUT2D eigenvalue weighted by Crippen LogP contribution is 2.57. The number of hydrogen-bond acceptors (Lipinski definition) is 5. The van der Waals surface area contributed by atoms with E-state index in [4.69, 9.17) is 10.5 Å². The van der Waals surface area contributed by atoms with E-state index >= 15 is 0 Å². The summed E-state index contributed by atoms with van der Waals surface area (Å²) in [7, 11) is -3.87. The average molecular weight is 435 g/mol. The zero-order valence-electron chi connectivity index (χ0n) is 17.5. The van der Waals surface area contributed by atoms with Gasteiger partial charge in [0.15, 0.2) is 9.84 Å². The lowest BCUT2D eigenvalue weighted by atomic mass is 10.1. The topological polar surface area (TPSA) is 98.5 Å². The second-order valence-electron chi connectivity index (χ2n) is 8.68. The van der Waals surface area contributed by atoms with E-state index in [1.165, 1.54) is 30.3 Å². The molecule has 0 heterocycles. The molecule has 0 radical (unpaired) electrons. The highest BCUT2D eigenvalue weighted by atomic mass is 32.2. The Morgan fingerprint density at radius 1 is 1.20 bits per heavy atom. The smallest absolute Gasteiger partial charge is 0.408 e. The zero-order chi connectivity index (χ0) is 22.3. The Labute approximate surface area is 176 Å². The summed E-state index contributed by atoms with van der Waals surface area (Å²) < 4.78 is 46.2. The number of carbonyl (C=O) groups excluding carboxylic acids is 1. The summed E-state index contributed by atoms with van der Waals surface area (Å²) in [6, 6.07) is 12.2. The van der Waals surface area contributed by atoms with Crippen molar-refractivity contribution in [2.75, 3.05) is 6.54 Å². The summed E-state index contributed by atoms with van der Waals surface area (Å²) in [5.41, 5.74) is 5.31. The van der Waals surface area contributed by atoms with Crippen molar-refractivity contribution in [2.24, 2.45) is 5.73 Å². The quantitative estimate of drug-likeness (QED) is 0.752. The maximum Gasteiger partial charge on any atom is 0.408 e. The van der Waals surface area contributed by atoms with Crippen LogP contribution in [-0.2, 0) is 14.6 Å². The minimum atomic E-state index is -3.87. The molecule has 0 aliphatic heterocycles. The molecule has 0 aromatic heterocycles. The van der Waals surface area contributed by atoms with Gasteiger partial charge in [0.1, 0.15) is 16.7 Å². The number of carbonyl (C=O) groups is 1. The Morgan fingerprint density at radius 3 is 2.37 bits per heavy atom. The van der Waals surface area contributed by atoms with Gasteiger partial charge in [-0.05, 0) is 57.5 Å². The van der Waals surface area contributed by atoms with Crippen molar-refractivity contribution in [1.29, 1.82) is 0 Å². The van der Waals surface area contributed by atoms with Crippen molar-refractivity contribution in [1.82, 2.24) is 5.32 Å². The van der Waals surface area contributed by atoms with Crippen LogP contribution >= 0.6 is 0 Å². The van der Waals surface area contributed by atoms with Gasteiger partial charge in [0.2, 0.25) is 0 Å².